The van der Waals surface area contributed by atoms with Gasteiger partial charge in [-0.3, -0.25) is 4.21 Å². The van der Waals surface area contributed by atoms with Crippen LogP contribution in [0.4, 0.5) is 0 Å². The first-order chi connectivity index (χ1) is 8.56. The summed E-state index contributed by atoms with van der Waals surface area (Å²) in [5.74, 6) is -0.562. The van der Waals surface area contributed by atoms with E-state index in [9.17, 15) is 9.00 Å². The molecule has 1 aliphatic rings. The highest BCUT2D eigenvalue weighted by Gasteiger charge is 2.24. The number of aromatic carboxylic acids is 1. The Bertz CT molecular complexity index is 472. The molecule has 1 aromatic carbocycles. The van der Waals surface area contributed by atoms with E-state index < -0.39 is 16.8 Å². The van der Waals surface area contributed by atoms with Crippen molar-refractivity contribution < 1.29 is 18.8 Å². The van der Waals surface area contributed by atoms with Gasteiger partial charge in [-0.05, 0) is 38.0 Å². The van der Waals surface area contributed by atoms with Crippen LogP contribution in [0.15, 0.2) is 29.2 Å². The SMILES string of the molecule is CC1CCC(CS(=O)c2cccc(C(=O)O)c2)O1. The van der Waals surface area contributed by atoms with Crippen molar-refractivity contribution in [3.05, 3.63) is 29.8 Å². The summed E-state index contributed by atoms with van der Waals surface area (Å²) in [5.41, 5.74) is 0.168. The van der Waals surface area contributed by atoms with Gasteiger partial charge in [-0.15, -0.1) is 0 Å². The highest BCUT2D eigenvalue weighted by atomic mass is 32.2. The van der Waals surface area contributed by atoms with Gasteiger partial charge in [0.2, 0.25) is 0 Å². The Labute approximate surface area is 108 Å². The molecule has 0 saturated carbocycles. The molecule has 1 heterocycles. The molecular weight excluding hydrogens is 252 g/mol. The maximum Gasteiger partial charge on any atom is 0.335 e. The molecule has 2 rings (SSSR count). The normalized spacial score (nSPS) is 24.9. The van der Waals surface area contributed by atoms with E-state index in [0.29, 0.717) is 10.6 Å². The first-order valence-corrected chi connectivity index (χ1v) is 7.25. The third-order valence-electron chi connectivity index (χ3n) is 3.00. The van der Waals surface area contributed by atoms with Gasteiger partial charge < -0.3 is 9.84 Å². The number of hydrogen-bond donors (Lipinski definition) is 1. The largest absolute Gasteiger partial charge is 0.478 e. The standard InChI is InChI=1S/C13H16O4S/c1-9-5-6-11(17-9)8-18(16)12-4-2-3-10(7-12)13(14)15/h2-4,7,9,11H,5-6,8H2,1H3,(H,14,15). The van der Waals surface area contributed by atoms with E-state index in [4.69, 9.17) is 9.84 Å². The minimum atomic E-state index is -1.20. The molecule has 1 aromatic rings. The van der Waals surface area contributed by atoms with Gasteiger partial charge in [-0.25, -0.2) is 4.79 Å². The monoisotopic (exact) mass is 268 g/mol. The quantitative estimate of drug-likeness (QED) is 0.908. The molecule has 0 aliphatic carbocycles. The Morgan fingerprint density at radius 3 is 2.89 bits per heavy atom. The first-order valence-electron chi connectivity index (χ1n) is 5.93. The van der Waals surface area contributed by atoms with E-state index in [2.05, 4.69) is 0 Å². The van der Waals surface area contributed by atoms with Crippen LogP contribution in [-0.4, -0.2) is 33.2 Å². The predicted octanol–water partition coefficient (Wildman–Crippen LogP) is 2.06. The van der Waals surface area contributed by atoms with Crippen molar-refractivity contribution in [2.24, 2.45) is 0 Å². The summed E-state index contributed by atoms with van der Waals surface area (Å²) in [7, 11) is -1.20. The van der Waals surface area contributed by atoms with Crippen LogP contribution in [0.5, 0.6) is 0 Å². The van der Waals surface area contributed by atoms with Crippen molar-refractivity contribution in [3.8, 4) is 0 Å². The van der Waals surface area contributed by atoms with Crippen molar-refractivity contribution in [1.29, 1.82) is 0 Å². The Hall–Kier alpha value is -1.20. The van der Waals surface area contributed by atoms with Gasteiger partial charge >= 0.3 is 5.97 Å². The summed E-state index contributed by atoms with van der Waals surface area (Å²) in [6, 6.07) is 6.28. The molecular formula is C13H16O4S. The maximum atomic E-state index is 12.1. The van der Waals surface area contributed by atoms with Crippen LogP contribution in [0.2, 0.25) is 0 Å². The molecule has 0 bridgehead atoms. The lowest BCUT2D eigenvalue weighted by Gasteiger charge is -2.10. The van der Waals surface area contributed by atoms with Gasteiger partial charge in [0.25, 0.3) is 0 Å². The van der Waals surface area contributed by atoms with Crippen LogP contribution in [0.25, 0.3) is 0 Å². The fourth-order valence-corrected chi connectivity index (χ4v) is 3.31. The van der Waals surface area contributed by atoms with Gasteiger partial charge in [-0.1, -0.05) is 6.07 Å². The summed E-state index contributed by atoms with van der Waals surface area (Å²) < 4.78 is 17.7. The fraction of sp³-hybridized carbons (Fsp3) is 0.462. The van der Waals surface area contributed by atoms with E-state index in [1.165, 1.54) is 12.1 Å². The molecule has 3 atom stereocenters. The Morgan fingerprint density at radius 2 is 2.28 bits per heavy atom. The number of benzene rings is 1. The zero-order valence-corrected chi connectivity index (χ0v) is 11.0. The van der Waals surface area contributed by atoms with Crippen molar-refractivity contribution in [1.82, 2.24) is 0 Å². The average molecular weight is 268 g/mol. The van der Waals surface area contributed by atoms with Crippen molar-refractivity contribution in [2.45, 2.75) is 36.9 Å². The Morgan fingerprint density at radius 1 is 1.50 bits per heavy atom. The highest BCUT2D eigenvalue weighted by molar-refractivity contribution is 7.85. The smallest absolute Gasteiger partial charge is 0.335 e. The minimum absolute atomic E-state index is 0.0225. The summed E-state index contributed by atoms with van der Waals surface area (Å²) >= 11 is 0. The lowest BCUT2D eigenvalue weighted by molar-refractivity contribution is 0.0692. The first kappa shape index (κ1) is 13.2. The number of hydrogen-bond acceptors (Lipinski definition) is 3. The summed E-state index contributed by atoms with van der Waals surface area (Å²) in [6.45, 7) is 2.01. The molecule has 0 aromatic heterocycles. The van der Waals surface area contributed by atoms with E-state index in [1.54, 1.807) is 12.1 Å². The number of carbonyl (C=O) groups is 1. The number of ether oxygens (including phenoxy) is 1. The summed E-state index contributed by atoms with van der Waals surface area (Å²) in [4.78, 5) is 11.4. The molecule has 4 nitrogen and oxygen atoms in total. The molecule has 1 fully saturated rings. The van der Waals surface area contributed by atoms with Gasteiger partial charge in [0.05, 0.1) is 34.3 Å². The third kappa shape index (κ3) is 3.17. The average Bonchev–Trinajstić information content (AvgIpc) is 2.75. The predicted molar refractivity (Wildman–Crippen MR) is 68.2 cm³/mol. The van der Waals surface area contributed by atoms with Crippen LogP contribution in [0, 0.1) is 0 Å². The number of carboxylic acid groups (broad SMARTS) is 1. The lowest BCUT2D eigenvalue weighted by Crippen LogP contribution is -2.17. The summed E-state index contributed by atoms with van der Waals surface area (Å²) in [5, 5.41) is 8.89. The molecule has 0 amide bonds. The second-order valence-electron chi connectivity index (χ2n) is 4.49. The molecule has 0 radical (unpaired) electrons. The van der Waals surface area contributed by atoms with Crippen molar-refractivity contribution in [3.63, 3.8) is 0 Å². The van der Waals surface area contributed by atoms with Crippen LogP contribution in [0.1, 0.15) is 30.1 Å². The van der Waals surface area contributed by atoms with Crippen LogP contribution < -0.4 is 0 Å². The third-order valence-corrected chi connectivity index (χ3v) is 4.46. The van der Waals surface area contributed by atoms with E-state index in [-0.39, 0.29) is 17.8 Å². The topological polar surface area (TPSA) is 63.6 Å². The zero-order valence-electron chi connectivity index (χ0n) is 10.2. The van der Waals surface area contributed by atoms with Crippen molar-refractivity contribution >= 4 is 16.8 Å². The minimum Gasteiger partial charge on any atom is -0.478 e. The molecule has 98 valence electrons. The van der Waals surface area contributed by atoms with Crippen LogP contribution in [-0.2, 0) is 15.5 Å². The number of carboxylic acids is 1. The maximum absolute atomic E-state index is 12.1. The van der Waals surface area contributed by atoms with E-state index in [1.807, 2.05) is 6.92 Å². The van der Waals surface area contributed by atoms with Gasteiger partial charge in [-0.2, -0.15) is 0 Å². The second kappa shape index (κ2) is 5.63. The molecule has 0 spiro atoms. The molecule has 1 aliphatic heterocycles. The zero-order chi connectivity index (χ0) is 13.1. The molecule has 5 heteroatoms. The second-order valence-corrected chi connectivity index (χ2v) is 5.99. The molecule has 1 N–H and O–H groups in total. The highest BCUT2D eigenvalue weighted by Crippen LogP contribution is 2.21. The van der Waals surface area contributed by atoms with Gasteiger partial charge in [0.15, 0.2) is 0 Å². The number of rotatable bonds is 4. The van der Waals surface area contributed by atoms with Crippen molar-refractivity contribution in [2.75, 3.05) is 5.75 Å². The van der Waals surface area contributed by atoms with Gasteiger partial charge in [0.1, 0.15) is 0 Å². The Balaban J connectivity index is 2.04. The van der Waals surface area contributed by atoms with E-state index in [0.717, 1.165) is 12.8 Å². The fourth-order valence-electron chi connectivity index (χ4n) is 2.04. The molecule has 1 saturated heterocycles. The molecule has 3 unspecified atom stereocenters. The summed E-state index contributed by atoms with van der Waals surface area (Å²) in [6.07, 6.45) is 2.18. The van der Waals surface area contributed by atoms with Crippen LogP contribution in [0.3, 0.4) is 0 Å². The lowest BCUT2D eigenvalue weighted by atomic mass is 10.2. The van der Waals surface area contributed by atoms with Crippen LogP contribution >= 0.6 is 0 Å². The molecule has 18 heavy (non-hydrogen) atoms. The Kier molecular flexibility index (Phi) is 4.14. The van der Waals surface area contributed by atoms with Gasteiger partial charge in [0, 0.05) is 4.90 Å². The van der Waals surface area contributed by atoms with E-state index >= 15 is 0 Å².